The van der Waals surface area contributed by atoms with Gasteiger partial charge in [-0.05, 0) is 12.1 Å². The number of ether oxygens (including phenoxy) is 1. The average molecular weight is 277 g/mol. The number of aromatic nitrogens is 2. The number of halogens is 1. The van der Waals surface area contributed by atoms with E-state index in [-0.39, 0.29) is 12.3 Å². The van der Waals surface area contributed by atoms with Gasteiger partial charge in [0.2, 0.25) is 5.88 Å². The van der Waals surface area contributed by atoms with Crippen molar-refractivity contribution in [2.24, 2.45) is 0 Å². The van der Waals surface area contributed by atoms with Gasteiger partial charge in [0.05, 0.1) is 13.8 Å². The number of carbonyl (C=O) groups is 1. The molecule has 1 amide bonds. The number of alkyl halides is 1. The van der Waals surface area contributed by atoms with Crippen molar-refractivity contribution >= 4 is 16.8 Å². The normalized spacial score (nSPS) is 10.6. The van der Waals surface area contributed by atoms with Crippen molar-refractivity contribution in [1.82, 2.24) is 14.9 Å². The number of hydrogen-bond donors (Lipinski definition) is 1. The summed E-state index contributed by atoms with van der Waals surface area (Å²) in [5, 5.41) is 0.824. The van der Waals surface area contributed by atoms with Crippen LogP contribution in [0.25, 0.3) is 10.9 Å². The molecule has 0 fully saturated rings. The lowest BCUT2D eigenvalue weighted by Gasteiger charge is -2.17. The first-order valence-corrected chi connectivity index (χ1v) is 6.12. The molecule has 0 bridgehead atoms. The van der Waals surface area contributed by atoms with Crippen LogP contribution in [-0.4, -0.2) is 41.6 Å². The van der Waals surface area contributed by atoms with E-state index in [9.17, 15) is 9.18 Å². The third kappa shape index (κ3) is 2.49. The maximum Gasteiger partial charge on any atom is 0.274 e. The van der Waals surface area contributed by atoms with Crippen LogP contribution in [-0.2, 0) is 0 Å². The van der Waals surface area contributed by atoms with Crippen LogP contribution in [0.3, 0.4) is 0 Å². The lowest BCUT2D eigenvalue weighted by molar-refractivity contribution is 0.0827. The fraction of sp³-hybridized carbons (Fsp3) is 0.286. The Labute approximate surface area is 116 Å². The molecule has 0 atom stereocenters. The highest BCUT2D eigenvalue weighted by molar-refractivity contribution is 5.99. The number of nitrogens with one attached hydrogen (secondary N) is 1. The molecule has 106 valence electrons. The molecule has 2 aromatic rings. The van der Waals surface area contributed by atoms with Crippen LogP contribution in [0.5, 0.6) is 5.88 Å². The number of pyridine rings is 1. The Morgan fingerprint density at radius 1 is 1.60 bits per heavy atom. The number of hydrogen-bond acceptors (Lipinski definition) is 3. The predicted octanol–water partition coefficient (Wildman–Crippen LogP) is 2.52. The first kappa shape index (κ1) is 14.0. The van der Waals surface area contributed by atoms with Gasteiger partial charge in [-0.25, -0.2) is 4.98 Å². The molecule has 1 N–H and O–H groups in total. The minimum atomic E-state index is -0.541. The minimum Gasteiger partial charge on any atom is -0.479 e. The van der Waals surface area contributed by atoms with Crippen LogP contribution in [0.1, 0.15) is 16.9 Å². The number of nitrogens with zero attached hydrogens (tertiary/aromatic N) is 2. The van der Waals surface area contributed by atoms with E-state index in [2.05, 4.69) is 16.5 Å². The number of methoxy groups -OCH3 is 1. The quantitative estimate of drug-likeness (QED) is 0.913. The van der Waals surface area contributed by atoms with Gasteiger partial charge in [0.25, 0.3) is 5.91 Å². The second-order valence-corrected chi connectivity index (χ2v) is 4.34. The van der Waals surface area contributed by atoms with Crippen molar-refractivity contribution in [2.45, 2.75) is 6.42 Å². The van der Waals surface area contributed by atoms with Crippen molar-refractivity contribution in [1.29, 1.82) is 0 Å². The molecule has 0 unspecified atom stereocenters. The number of rotatable bonds is 5. The highest BCUT2D eigenvalue weighted by Crippen LogP contribution is 2.23. The topological polar surface area (TPSA) is 58.2 Å². The van der Waals surface area contributed by atoms with E-state index in [1.165, 1.54) is 12.0 Å². The highest BCUT2D eigenvalue weighted by Gasteiger charge is 2.17. The maximum atomic E-state index is 12.3. The van der Waals surface area contributed by atoms with E-state index in [4.69, 9.17) is 4.74 Å². The number of amides is 1. The first-order valence-electron chi connectivity index (χ1n) is 6.12. The van der Waals surface area contributed by atoms with E-state index >= 15 is 0 Å². The summed E-state index contributed by atoms with van der Waals surface area (Å²) in [7, 11) is 3.08. The van der Waals surface area contributed by atoms with Gasteiger partial charge >= 0.3 is 0 Å². The zero-order chi connectivity index (χ0) is 14.7. The Kier molecular flexibility index (Phi) is 4.02. The standard InChI is InChI=1S/C14H16FN3O2/c1-9(4-6-15)18(2)14(19)11-8-10-5-7-16-13(20-3)12(10)17-11/h5,7-8,17H,1,4,6H2,2-3H3. The SMILES string of the molecule is C=C(CCF)N(C)C(=O)c1cc2ccnc(OC)c2[nH]1. The Bertz CT molecular complexity index is 651. The van der Waals surface area contributed by atoms with Crippen LogP contribution in [0, 0.1) is 0 Å². The van der Waals surface area contributed by atoms with Gasteiger partial charge in [-0.3, -0.25) is 9.18 Å². The Balaban J connectivity index is 2.33. The summed E-state index contributed by atoms with van der Waals surface area (Å²) in [5.41, 5.74) is 1.47. The van der Waals surface area contributed by atoms with Gasteiger partial charge in [0.1, 0.15) is 11.2 Å². The molecule has 0 aliphatic heterocycles. The van der Waals surface area contributed by atoms with Crippen molar-refractivity contribution in [3.05, 3.63) is 36.3 Å². The summed E-state index contributed by atoms with van der Waals surface area (Å²) in [6.07, 6.45) is 1.74. The molecule has 2 heterocycles. The van der Waals surface area contributed by atoms with Gasteiger partial charge in [0.15, 0.2) is 0 Å². The van der Waals surface area contributed by atoms with Crippen LogP contribution in [0.2, 0.25) is 0 Å². The number of allylic oxidation sites excluding steroid dienone is 1. The zero-order valence-corrected chi connectivity index (χ0v) is 11.4. The third-order valence-corrected chi connectivity index (χ3v) is 3.09. The largest absolute Gasteiger partial charge is 0.479 e. The predicted molar refractivity (Wildman–Crippen MR) is 74.5 cm³/mol. The van der Waals surface area contributed by atoms with E-state index in [1.807, 2.05) is 0 Å². The monoisotopic (exact) mass is 277 g/mol. The molecular formula is C14H16FN3O2. The van der Waals surface area contributed by atoms with Gasteiger partial charge in [0, 0.05) is 30.7 Å². The molecule has 0 aliphatic rings. The van der Waals surface area contributed by atoms with E-state index in [0.29, 0.717) is 22.8 Å². The zero-order valence-electron chi connectivity index (χ0n) is 11.4. The number of aromatic amines is 1. The molecule has 2 aromatic heterocycles. The fourth-order valence-electron chi connectivity index (χ4n) is 1.90. The van der Waals surface area contributed by atoms with Crippen molar-refractivity contribution in [2.75, 3.05) is 20.8 Å². The highest BCUT2D eigenvalue weighted by atomic mass is 19.1. The van der Waals surface area contributed by atoms with E-state index in [1.54, 1.807) is 25.4 Å². The maximum absolute atomic E-state index is 12.3. The summed E-state index contributed by atoms with van der Waals surface area (Å²) in [6, 6.07) is 3.49. The Morgan fingerprint density at radius 3 is 3.00 bits per heavy atom. The Hall–Kier alpha value is -2.37. The first-order chi connectivity index (χ1) is 9.58. The molecule has 2 rings (SSSR count). The fourth-order valence-corrected chi connectivity index (χ4v) is 1.90. The van der Waals surface area contributed by atoms with Crippen molar-refractivity contribution in [3.8, 4) is 5.88 Å². The molecule has 0 spiro atoms. The molecule has 20 heavy (non-hydrogen) atoms. The number of carbonyl (C=O) groups excluding carboxylic acids is 1. The molecule has 0 saturated carbocycles. The molecular weight excluding hydrogens is 261 g/mol. The van der Waals surface area contributed by atoms with Crippen LogP contribution in [0.4, 0.5) is 4.39 Å². The lowest BCUT2D eigenvalue weighted by Crippen LogP contribution is -2.26. The van der Waals surface area contributed by atoms with Crippen molar-refractivity contribution < 1.29 is 13.9 Å². The summed E-state index contributed by atoms with van der Waals surface area (Å²) < 4.78 is 17.4. The third-order valence-electron chi connectivity index (χ3n) is 3.09. The summed E-state index contributed by atoms with van der Waals surface area (Å²) in [5.74, 6) is 0.147. The van der Waals surface area contributed by atoms with Gasteiger partial charge in [-0.1, -0.05) is 6.58 Å². The van der Waals surface area contributed by atoms with Crippen LogP contribution in [0.15, 0.2) is 30.6 Å². The van der Waals surface area contributed by atoms with Gasteiger partial charge < -0.3 is 14.6 Å². The van der Waals surface area contributed by atoms with E-state index in [0.717, 1.165) is 5.39 Å². The smallest absolute Gasteiger partial charge is 0.274 e. The molecule has 5 nitrogen and oxygen atoms in total. The number of fused-ring (bicyclic) bond motifs is 1. The Morgan fingerprint density at radius 2 is 2.35 bits per heavy atom. The second-order valence-electron chi connectivity index (χ2n) is 4.34. The summed E-state index contributed by atoms with van der Waals surface area (Å²) in [6.45, 7) is 3.15. The molecule has 0 saturated heterocycles. The number of H-pyrrole nitrogens is 1. The molecule has 6 heteroatoms. The van der Waals surface area contributed by atoms with Gasteiger partial charge in [-0.15, -0.1) is 0 Å². The summed E-state index contributed by atoms with van der Waals surface area (Å²) >= 11 is 0. The average Bonchev–Trinajstić information content (AvgIpc) is 2.89. The van der Waals surface area contributed by atoms with Crippen LogP contribution >= 0.6 is 0 Å². The van der Waals surface area contributed by atoms with E-state index < -0.39 is 6.67 Å². The van der Waals surface area contributed by atoms with Gasteiger partial charge in [-0.2, -0.15) is 0 Å². The minimum absolute atomic E-state index is 0.132. The van der Waals surface area contributed by atoms with Crippen LogP contribution < -0.4 is 4.74 Å². The lowest BCUT2D eigenvalue weighted by atomic mass is 10.2. The summed E-state index contributed by atoms with van der Waals surface area (Å²) in [4.78, 5) is 20.7. The van der Waals surface area contributed by atoms with Crippen molar-refractivity contribution in [3.63, 3.8) is 0 Å². The molecule has 0 radical (unpaired) electrons. The molecule has 0 aliphatic carbocycles. The molecule has 0 aromatic carbocycles. The second kappa shape index (κ2) is 5.73.